The van der Waals surface area contributed by atoms with Crippen LogP contribution < -0.4 is 10.5 Å². The summed E-state index contributed by atoms with van der Waals surface area (Å²) in [5.41, 5.74) is 5.57. The Morgan fingerprint density at radius 2 is 2.21 bits per heavy atom. The second-order valence-corrected chi connectivity index (χ2v) is 3.98. The van der Waals surface area contributed by atoms with E-state index >= 15 is 0 Å². The third kappa shape index (κ3) is 2.82. The van der Waals surface area contributed by atoms with Gasteiger partial charge in [-0.3, -0.25) is 9.89 Å². The standard InChI is InChI=1S/C11H8ClF2N3O2/c12-5-1-2-8(19-11(13)14)6(3-5)9-7(10(15)18)4-16-17-9/h1-4,11H,(H2,15,18)(H,16,17). The largest absolute Gasteiger partial charge is 0.434 e. The molecule has 1 heterocycles. The Morgan fingerprint density at radius 3 is 2.84 bits per heavy atom. The second kappa shape index (κ2) is 5.23. The summed E-state index contributed by atoms with van der Waals surface area (Å²) in [4.78, 5) is 11.2. The van der Waals surface area contributed by atoms with Gasteiger partial charge in [0.1, 0.15) is 5.75 Å². The summed E-state index contributed by atoms with van der Waals surface area (Å²) in [5, 5.41) is 6.46. The number of benzene rings is 1. The van der Waals surface area contributed by atoms with Crippen molar-refractivity contribution in [2.24, 2.45) is 5.73 Å². The maximum absolute atomic E-state index is 12.3. The third-order valence-electron chi connectivity index (χ3n) is 2.33. The molecule has 0 aliphatic carbocycles. The fraction of sp³-hybridized carbons (Fsp3) is 0.0909. The van der Waals surface area contributed by atoms with Crippen LogP contribution in [0.4, 0.5) is 8.78 Å². The normalized spacial score (nSPS) is 10.7. The van der Waals surface area contributed by atoms with Crippen molar-refractivity contribution in [3.05, 3.63) is 35.0 Å². The van der Waals surface area contributed by atoms with Crippen LogP contribution in [0.2, 0.25) is 5.02 Å². The van der Waals surface area contributed by atoms with E-state index in [1.807, 2.05) is 0 Å². The number of rotatable bonds is 4. The highest BCUT2D eigenvalue weighted by Gasteiger charge is 2.18. The monoisotopic (exact) mass is 287 g/mol. The first-order valence-electron chi connectivity index (χ1n) is 5.07. The molecule has 0 saturated heterocycles. The lowest BCUT2D eigenvalue weighted by molar-refractivity contribution is -0.0494. The number of alkyl halides is 2. The average molecular weight is 288 g/mol. The zero-order chi connectivity index (χ0) is 14.0. The minimum absolute atomic E-state index is 0.0568. The number of amides is 1. The number of aromatic amines is 1. The number of hydrogen-bond acceptors (Lipinski definition) is 3. The molecule has 8 heteroatoms. The van der Waals surface area contributed by atoms with E-state index in [4.69, 9.17) is 17.3 Å². The van der Waals surface area contributed by atoms with Gasteiger partial charge in [-0.25, -0.2) is 0 Å². The predicted octanol–water partition coefficient (Wildman–Crippen LogP) is 2.43. The van der Waals surface area contributed by atoms with E-state index < -0.39 is 12.5 Å². The van der Waals surface area contributed by atoms with Crippen LogP contribution in [0.1, 0.15) is 10.4 Å². The van der Waals surface area contributed by atoms with Gasteiger partial charge in [0.25, 0.3) is 5.91 Å². The minimum Gasteiger partial charge on any atom is -0.434 e. The lowest BCUT2D eigenvalue weighted by Crippen LogP contribution is -2.11. The molecule has 0 aliphatic heterocycles. The first kappa shape index (κ1) is 13.3. The van der Waals surface area contributed by atoms with Gasteiger partial charge in [0.05, 0.1) is 17.5 Å². The van der Waals surface area contributed by atoms with Gasteiger partial charge in [-0.2, -0.15) is 13.9 Å². The molecule has 19 heavy (non-hydrogen) atoms. The fourth-order valence-corrected chi connectivity index (χ4v) is 1.75. The number of ether oxygens (including phenoxy) is 1. The summed E-state index contributed by atoms with van der Waals surface area (Å²) in [7, 11) is 0. The molecule has 0 saturated carbocycles. The first-order chi connectivity index (χ1) is 8.99. The van der Waals surface area contributed by atoms with Crippen LogP contribution in [-0.4, -0.2) is 22.7 Å². The van der Waals surface area contributed by atoms with Crippen LogP contribution in [-0.2, 0) is 0 Å². The first-order valence-corrected chi connectivity index (χ1v) is 5.44. The Labute approximate surface area is 111 Å². The van der Waals surface area contributed by atoms with Crippen molar-refractivity contribution >= 4 is 17.5 Å². The van der Waals surface area contributed by atoms with Crippen molar-refractivity contribution in [3.63, 3.8) is 0 Å². The van der Waals surface area contributed by atoms with Gasteiger partial charge in [0.2, 0.25) is 0 Å². The fourth-order valence-electron chi connectivity index (χ4n) is 1.57. The van der Waals surface area contributed by atoms with E-state index in [1.54, 1.807) is 0 Å². The molecule has 0 aliphatic rings. The highest BCUT2D eigenvalue weighted by Crippen LogP contribution is 2.34. The van der Waals surface area contributed by atoms with Crippen molar-refractivity contribution in [2.75, 3.05) is 0 Å². The van der Waals surface area contributed by atoms with Crippen LogP contribution in [0.5, 0.6) is 5.75 Å². The van der Waals surface area contributed by atoms with Crippen LogP contribution in [0, 0.1) is 0 Å². The van der Waals surface area contributed by atoms with Gasteiger partial charge < -0.3 is 10.5 Å². The smallest absolute Gasteiger partial charge is 0.387 e. The van der Waals surface area contributed by atoms with Crippen molar-refractivity contribution in [1.82, 2.24) is 10.2 Å². The van der Waals surface area contributed by atoms with Crippen LogP contribution in [0.15, 0.2) is 24.4 Å². The topological polar surface area (TPSA) is 81.0 Å². The molecule has 2 aromatic rings. The van der Waals surface area contributed by atoms with Gasteiger partial charge in [0.15, 0.2) is 0 Å². The number of carbonyl (C=O) groups is 1. The number of hydrogen-bond donors (Lipinski definition) is 2. The highest BCUT2D eigenvalue weighted by molar-refractivity contribution is 6.31. The lowest BCUT2D eigenvalue weighted by Gasteiger charge is -2.10. The van der Waals surface area contributed by atoms with Crippen LogP contribution in [0.3, 0.4) is 0 Å². The molecule has 0 spiro atoms. The number of nitrogens with one attached hydrogen (secondary N) is 1. The summed E-state index contributed by atoms with van der Waals surface area (Å²) in [6.07, 6.45) is 1.20. The molecule has 0 unspecified atom stereocenters. The van der Waals surface area contributed by atoms with Crippen molar-refractivity contribution in [1.29, 1.82) is 0 Å². The number of nitrogens with zero attached hydrogens (tertiary/aromatic N) is 1. The van der Waals surface area contributed by atoms with Crippen LogP contribution >= 0.6 is 11.6 Å². The van der Waals surface area contributed by atoms with E-state index in [1.165, 1.54) is 24.4 Å². The predicted molar refractivity (Wildman–Crippen MR) is 64.2 cm³/mol. The number of primary amides is 1. The molecule has 5 nitrogen and oxygen atoms in total. The van der Waals surface area contributed by atoms with Gasteiger partial charge in [-0.05, 0) is 18.2 Å². The zero-order valence-electron chi connectivity index (χ0n) is 9.36. The SMILES string of the molecule is NC(=O)c1cn[nH]c1-c1cc(Cl)ccc1OC(F)F. The van der Waals surface area contributed by atoms with E-state index in [0.717, 1.165) is 0 Å². The molecule has 0 fully saturated rings. The molecule has 1 aromatic carbocycles. The summed E-state index contributed by atoms with van der Waals surface area (Å²) in [6, 6.07) is 4.04. The van der Waals surface area contributed by atoms with Crippen molar-refractivity contribution < 1.29 is 18.3 Å². The lowest BCUT2D eigenvalue weighted by atomic mass is 10.1. The zero-order valence-corrected chi connectivity index (χ0v) is 10.1. The van der Waals surface area contributed by atoms with E-state index in [0.29, 0.717) is 5.02 Å². The maximum atomic E-state index is 12.3. The quantitative estimate of drug-likeness (QED) is 0.906. The van der Waals surface area contributed by atoms with Crippen molar-refractivity contribution in [3.8, 4) is 17.0 Å². The molecule has 100 valence electrons. The minimum atomic E-state index is -3.00. The van der Waals surface area contributed by atoms with Gasteiger partial charge in [0, 0.05) is 10.6 Å². The molecule has 0 radical (unpaired) electrons. The maximum Gasteiger partial charge on any atom is 0.387 e. The number of carbonyl (C=O) groups excluding carboxylic acids is 1. The van der Waals surface area contributed by atoms with Gasteiger partial charge in [-0.15, -0.1) is 0 Å². The molecule has 3 N–H and O–H groups in total. The second-order valence-electron chi connectivity index (χ2n) is 3.54. The molecule has 0 atom stereocenters. The number of aromatic nitrogens is 2. The molecule has 0 bridgehead atoms. The third-order valence-corrected chi connectivity index (χ3v) is 2.57. The average Bonchev–Trinajstić information content (AvgIpc) is 2.79. The molecule has 1 amide bonds. The van der Waals surface area contributed by atoms with E-state index in [2.05, 4.69) is 14.9 Å². The molecular weight excluding hydrogens is 280 g/mol. The summed E-state index contributed by atoms with van der Waals surface area (Å²) < 4.78 is 29.0. The molecule has 2 rings (SSSR count). The number of halogens is 3. The Balaban J connectivity index is 2.56. The van der Waals surface area contributed by atoms with E-state index in [9.17, 15) is 13.6 Å². The summed E-state index contributed by atoms with van der Waals surface area (Å²) >= 11 is 5.81. The summed E-state index contributed by atoms with van der Waals surface area (Å²) in [6.45, 7) is -3.00. The number of nitrogens with two attached hydrogens (primary N) is 1. The number of H-pyrrole nitrogens is 1. The molecule has 1 aromatic heterocycles. The van der Waals surface area contributed by atoms with E-state index in [-0.39, 0.29) is 22.6 Å². The Morgan fingerprint density at radius 1 is 1.47 bits per heavy atom. The summed E-state index contributed by atoms with van der Waals surface area (Å²) in [5.74, 6) is -0.877. The highest BCUT2D eigenvalue weighted by atomic mass is 35.5. The Kier molecular flexibility index (Phi) is 3.66. The van der Waals surface area contributed by atoms with Crippen molar-refractivity contribution in [2.45, 2.75) is 6.61 Å². The van der Waals surface area contributed by atoms with Crippen LogP contribution in [0.25, 0.3) is 11.3 Å². The van der Waals surface area contributed by atoms with Gasteiger partial charge >= 0.3 is 6.61 Å². The Bertz CT molecular complexity index is 616. The Hall–Kier alpha value is -2.15. The van der Waals surface area contributed by atoms with Gasteiger partial charge in [-0.1, -0.05) is 11.6 Å². The molecular formula is C11H8ClF2N3O2.